The molecule has 0 saturated carbocycles. The highest BCUT2D eigenvalue weighted by molar-refractivity contribution is 9.10. The summed E-state index contributed by atoms with van der Waals surface area (Å²) in [6.45, 7) is 0.673. The zero-order valence-corrected chi connectivity index (χ0v) is 14.9. The van der Waals surface area contributed by atoms with Gasteiger partial charge in [-0.25, -0.2) is 4.79 Å². The van der Waals surface area contributed by atoms with Gasteiger partial charge in [0, 0.05) is 23.7 Å². The van der Waals surface area contributed by atoms with Gasteiger partial charge in [0.1, 0.15) is 5.75 Å². The molecule has 0 radical (unpaired) electrons. The molecule has 1 saturated heterocycles. The summed E-state index contributed by atoms with van der Waals surface area (Å²) < 4.78 is 5.99. The molecule has 2 aromatic rings. The SMILES string of the molecule is COc1ccc(CN2C(=O)CCN(c3cscc3Br)C2=O)cc1. The fraction of sp³-hybridized carbons (Fsp3) is 0.250. The number of ether oxygens (including phenoxy) is 1. The van der Waals surface area contributed by atoms with Crippen LogP contribution in [0.15, 0.2) is 39.5 Å². The Hall–Kier alpha value is -1.86. The number of imide groups is 1. The van der Waals surface area contributed by atoms with Crippen molar-refractivity contribution in [1.29, 1.82) is 0 Å². The van der Waals surface area contributed by atoms with Crippen LogP contribution in [-0.2, 0) is 11.3 Å². The fourth-order valence-electron chi connectivity index (χ4n) is 2.45. The van der Waals surface area contributed by atoms with E-state index in [1.807, 2.05) is 35.0 Å². The maximum atomic E-state index is 12.7. The van der Waals surface area contributed by atoms with E-state index in [4.69, 9.17) is 4.74 Å². The Morgan fingerprint density at radius 3 is 2.57 bits per heavy atom. The number of benzene rings is 1. The highest BCUT2D eigenvalue weighted by atomic mass is 79.9. The molecular weight excluding hydrogens is 380 g/mol. The molecule has 3 amide bonds. The molecule has 2 heterocycles. The number of hydrogen-bond donors (Lipinski definition) is 0. The monoisotopic (exact) mass is 394 g/mol. The summed E-state index contributed by atoms with van der Waals surface area (Å²) in [5, 5.41) is 3.83. The maximum Gasteiger partial charge on any atom is 0.331 e. The lowest BCUT2D eigenvalue weighted by atomic mass is 10.1. The van der Waals surface area contributed by atoms with Crippen molar-refractivity contribution >= 4 is 44.9 Å². The number of hydrogen-bond acceptors (Lipinski definition) is 4. The van der Waals surface area contributed by atoms with E-state index in [0.717, 1.165) is 21.5 Å². The van der Waals surface area contributed by atoms with Crippen molar-refractivity contribution in [2.45, 2.75) is 13.0 Å². The highest BCUT2D eigenvalue weighted by Crippen LogP contribution is 2.32. The number of carbonyl (C=O) groups excluding carboxylic acids is 2. The van der Waals surface area contributed by atoms with E-state index in [1.54, 1.807) is 12.0 Å². The van der Waals surface area contributed by atoms with Gasteiger partial charge in [-0.1, -0.05) is 12.1 Å². The van der Waals surface area contributed by atoms with Crippen molar-refractivity contribution in [3.63, 3.8) is 0 Å². The van der Waals surface area contributed by atoms with E-state index in [2.05, 4.69) is 15.9 Å². The third-order valence-corrected chi connectivity index (χ3v) is 5.37. The van der Waals surface area contributed by atoms with Gasteiger partial charge < -0.3 is 4.74 Å². The summed E-state index contributed by atoms with van der Waals surface area (Å²) in [7, 11) is 1.60. The van der Waals surface area contributed by atoms with Crippen molar-refractivity contribution in [3.8, 4) is 5.75 Å². The lowest BCUT2D eigenvalue weighted by molar-refractivity contribution is -0.129. The number of urea groups is 1. The number of halogens is 1. The van der Waals surface area contributed by atoms with Crippen LogP contribution in [-0.4, -0.2) is 30.5 Å². The van der Waals surface area contributed by atoms with Crippen LogP contribution in [0, 0.1) is 0 Å². The van der Waals surface area contributed by atoms with E-state index in [9.17, 15) is 9.59 Å². The first-order chi connectivity index (χ1) is 11.1. The highest BCUT2D eigenvalue weighted by Gasteiger charge is 2.33. The number of thiophene rings is 1. The molecule has 0 atom stereocenters. The zero-order chi connectivity index (χ0) is 16.4. The molecule has 3 rings (SSSR count). The van der Waals surface area contributed by atoms with Gasteiger partial charge in [-0.3, -0.25) is 14.6 Å². The van der Waals surface area contributed by atoms with Gasteiger partial charge >= 0.3 is 6.03 Å². The third-order valence-electron chi connectivity index (χ3n) is 3.70. The van der Waals surface area contributed by atoms with Crippen LogP contribution in [0.3, 0.4) is 0 Å². The third kappa shape index (κ3) is 3.25. The Balaban J connectivity index is 1.80. The average Bonchev–Trinajstić information content (AvgIpc) is 2.98. The largest absolute Gasteiger partial charge is 0.497 e. The van der Waals surface area contributed by atoms with Crippen LogP contribution in [0.1, 0.15) is 12.0 Å². The van der Waals surface area contributed by atoms with Crippen LogP contribution in [0.4, 0.5) is 10.5 Å². The fourth-order valence-corrected chi connectivity index (χ4v) is 3.95. The Morgan fingerprint density at radius 2 is 1.96 bits per heavy atom. The van der Waals surface area contributed by atoms with Crippen LogP contribution in [0.2, 0.25) is 0 Å². The van der Waals surface area contributed by atoms with Gasteiger partial charge in [-0.05, 0) is 33.6 Å². The van der Waals surface area contributed by atoms with E-state index in [0.29, 0.717) is 13.0 Å². The molecule has 7 heteroatoms. The normalized spacial score (nSPS) is 15.2. The van der Waals surface area contributed by atoms with Gasteiger partial charge in [0.25, 0.3) is 0 Å². The molecule has 1 aromatic carbocycles. The number of rotatable bonds is 4. The second kappa shape index (κ2) is 6.72. The van der Waals surface area contributed by atoms with Gasteiger partial charge in [-0.15, -0.1) is 11.3 Å². The summed E-state index contributed by atoms with van der Waals surface area (Å²) in [5.41, 5.74) is 1.70. The first-order valence-corrected chi connectivity index (χ1v) is 8.80. The second-order valence-corrected chi connectivity index (χ2v) is 6.72. The molecule has 0 spiro atoms. The minimum Gasteiger partial charge on any atom is -0.497 e. The predicted octanol–water partition coefficient (Wildman–Crippen LogP) is 3.88. The summed E-state index contributed by atoms with van der Waals surface area (Å²) in [6, 6.07) is 7.08. The van der Waals surface area contributed by atoms with Crippen molar-refractivity contribution in [1.82, 2.24) is 4.90 Å². The van der Waals surface area contributed by atoms with Gasteiger partial charge in [0.05, 0.1) is 23.8 Å². The number of nitrogens with zero attached hydrogens (tertiary/aromatic N) is 2. The van der Waals surface area contributed by atoms with Crippen molar-refractivity contribution in [2.24, 2.45) is 0 Å². The minimum absolute atomic E-state index is 0.145. The number of carbonyl (C=O) groups is 2. The molecule has 0 N–H and O–H groups in total. The van der Waals surface area contributed by atoms with E-state index in [-0.39, 0.29) is 18.5 Å². The van der Waals surface area contributed by atoms with Crippen LogP contribution < -0.4 is 9.64 Å². The molecule has 1 aromatic heterocycles. The molecule has 1 aliphatic heterocycles. The quantitative estimate of drug-likeness (QED) is 0.790. The van der Waals surface area contributed by atoms with E-state index in [1.165, 1.54) is 16.2 Å². The summed E-state index contributed by atoms with van der Waals surface area (Å²) in [4.78, 5) is 27.8. The van der Waals surface area contributed by atoms with Gasteiger partial charge in [-0.2, -0.15) is 0 Å². The summed E-state index contributed by atoms with van der Waals surface area (Å²) in [6.07, 6.45) is 0.324. The van der Waals surface area contributed by atoms with Gasteiger partial charge in [0.2, 0.25) is 5.91 Å². The average molecular weight is 395 g/mol. The van der Waals surface area contributed by atoms with Gasteiger partial charge in [0.15, 0.2) is 0 Å². The second-order valence-electron chi connectivity index (χ2n) is 5.12. The minimum atomic E-state index is -0.281. The summed E-state index contributed by atoms with van der Waals surface area (Å²) >= 11 is 4.96. The first kappa shape index (κ1) is 16.0. The van der Waals surface area contributed by atoms with Crippen LogP contribution >= 0.6 is 27.3 Å². The van der Waals surface area contributed by atoms with Crippen LogP contribution in [0.5, 0.6) is 5.75 Å². The molecule has 0 unspecified atom stereocenters. The van der Waals surface area contributed by atoms with Crippen molar-refractivity contribution in [3.05, 3.63) is 45.1 Å². The molecule has 0 aliphatic carbocycles. The van der Waals surface area contributed by atoms with Crippen molar-refractivity contribution < 1.29 is 14.3 Å². The standard InChI is InChI=1S/C16H15BrN2O3S/c1-22-12-4-2-11(3-5-12)8-19-15(20)6-7-18(16(19)21)14-10-23-9-13(14)17/h2-5,9-10H,6-8H2,1H3. The molecule has 1 aliphatic rings. The Labute approximate surface area is 146 Å². The van der Waals surface area contributed by atoms with E-state index < -0.39 is 0 Å². The number of methoxy groups -OCH3 is 1. The lowest BCUT2D eigenvalue weighted by Crippen LogP contribution is -2.52. The maximum absolute atomic E-state index is 12.7. The van der Waals surface area contributed by atoms with E-state index >= 15 is 0 Å². The molecule has 1 fully saturated rings. The lowest BCUT2D eigenvalue weighted by Gasteiger charge is -2.34. The molecule has 5 nitrogen and oxygen atoms in total. The molecule has 23 heavy (non-hydrogen) atoms. The molecule has 0 bridgehead atoms. The zero-order valence-electron chi connectivity index (χ0n) is 12.5. The molecule has 120 valence electrons. The predicted molar refractivity (Wildman–Crippen MR) is 92.9 cm³/mol. The number of amides is 3. The first-order valence-electron chi connectivity index (χ1n) is 7.06. The molecular formula is C16H15BrN2O3S. The van der Waals surface area contributed by atoms with Crippen LogP contribution in [0.25, 0.3) is 0 Å². The Bertz CT molecular complexity index is 729. The number of anilines is 1. The summed E-state index contributed by atoms with van der Waals surface area (Å²) in [5.74, 6) is 0.599. The van der Waals surface area contributed by atoms with Crippen molar-refractivity contribution in [2.75, 3.05) is 18.6 Å². The Kier molecular flexibility index (Phi) is 4.68. The topological polar surface area (TPSA) is 49.9 Å². The Morgan fingerprint density at radius 1 is 1.22 bits per heavy atom. The smallest absolute Gasteiger partial charge is 0.331 e.